The highest BCUT2D eigenvalue weighted by Crippen LogP contribution is 2.30. The first-order valence-corrected chi connectivity index (χ1v) is 6.57. The monoisotopic (exact) mass is 306 g/mol. The Morgan fingerprint density at radius 1 is 1.00 bits per heavy atom. The fourth-order valence-electron chi connectivity index (χ4n) is 1.55. The summed E-state index contributed by atoms with van der Waals surface area (Å²) in [5, 5.41) is 0. The van der Waals surface area contributed by atoms with Gasteiger partial charge in [-0.3, -0.25) is 0 Å². The first kappa shape index (κ1) is 17.7. The normalized spacial score (nSPS) is 15.8. The smallest absolute Gasteiger partial charge is 0.115 e. The van der Waals surface area contributed by atoms with Crippen LogP contribution in [0.4, 0.5) is 0 Å². The van der Waals surface area contributed by atoms with Crippen molar-refractivity contribution in [1.82, 2.24) is 0 Å². The van der Waals surface area contributed by atoms with Gasteiger partial charge in [-0.1, -0.05) is 50.6 Å². The van der Waals surface area contributed by atoms with Gasteiger partial charge in [0.2, 0.25) is 0 Å². The first-order valence-electron chi connectivity index (χ1n) is 5.78. The summed E-state index contributed by atoms with van der Waals surface area (Å²) in [6.07, 6.45) is 1.63. The third kappa shape index (κ3) is 4.31. The van der Waals surface area contributed by atoms with E-state index in [0.29, 0.717) is 26.4 Å². The number of hydrogen-bond acceptors (Lipinski definition) is 0. The zero-order chi connectivity index (χ0) is 15.4. The van der Waals surface area contributed by atoms with Gasteiger partial charge in [0.15, 0.2) is 0 Å². The number of benzene rings is 1. The second kappa shape index (κ2) is 7.59. The summed E-state index contributed by atoms with van der Waals surface area (Å²) in [7, 11) is 40.2. The molecule has 1 aromatic rings. The van der Waals surface area contributed by atoms with E-state index in [1.54, 1.807) is 18.2 Å². The summed E-state index contributed by atoms with van der Waals surface area (Å²) in [5.41, 5.74) is 2.30. The molecule has 0 aliphatic rings. The van der Waals surface area contributed by atoms with E-state index in [1.165, 1.54) is 5.98 Å². The SMILES string of the molecule is [B]/C=C(\[B])C([B])C([B])/C([B])=C/c1cc(Br)c([B])cc1[B]. The van der Waals surface area contributed by atoms with Crippen LogP contribution in [0, 0.1) is 0 Å². The van der Waals surface area contributed by atoms with Gasteiger partial charge in [0, 0.05) is 4.47 Å². The van der Waals surface area contributed by atoms with Gasteiger partial charge >= 0.3 is 0 Å². The van der Waals surface area contributed by atoms with Crippen molar-refractivity contribution in [2.75, 3.05) is 0 Å². The molecule has 0 saturated carbocycles. The minimum absolute atomic E-state index is 0.264. The Balaban J connectivity index is 3.08. The fourth-order valence-corrected chi connectivity index (χ4v) is 1.91. The Hall–Kier alpha value is -0.365. The number of allylic oxidation sites excluding steroid dienone is 2. The van der Waals surface area contributed by atoms with Gasteiger partial charge in [0.1, 0.15) is 39.2 Å². The third-order valence-electron chi connectivity index (χ3n) is 2.87. The minimum atomic E-state index is -0.675. The van der Waals surface area contributed by atoms with Crippen LogP contribution >= 0.6 is 15.9 Å². The van der Waals surface area contributed by atoms with Gasteiger partial charge in [-0.15, -0.1) is 16.9 Å². The summed E-state index contributed by atoms with van der Waals surface area (Å²) in [6.45, 7) is 0. The van der Waals surface area contributed by atoms with E-state index in [2.05, 4.69) is 15.9 Å². The average molecular weight is 306 g/mol. The number of hydrogen-bond donors (Lipinski definition) is 0. The van der Waals surface area contributed by atoms with Crippen LogP contribution in [0.1, 0.15) is 5.56 Å². The molecule has 0 saturated heterocycles. The van der Waals surface area contributed by atoms with Crippen molar-refractivity contribution in [3.05, 3.63) is 39.1 Å². The van der Waals surface area contributed by atoms with Gasteiger partial charge in [0.25, 0.3) is 0 Å². The molecule has 0 aliphatic carbocycles. The summed E-state index contributed by atoms with van der Waals surface area (Å²) in [6, 6.07) is 3.38. The molecule has 1 aromatic carbocycles. The molecule has 1 rings (SSSR count). The van der Waals surface area contributed by atoms with Crippen molar-refractivity contribution in [1.29, 1.82) is 0 Å². The maximum atomic E-state index is 5.93. The van der Waals surface area contributed by atoms with E-state index in [-0.39, 0.29) is 5.47 Å². The third-order valence-corrected chi connectivity index (χ3v) is 3.56. The fraction of sp³-hybridized carbons (Fsp3) is 0.167. The van der Waals surface area contributed by atoms with Gasteiger partial charge < -0.3 is 0 Å². The molecule has 14 radical (unpaired) electrons. The molecule has 2 atom stereocenters. The summed E-state index contributed by atoms with van der Waals surface area (Å²) < 4.78 is 0.713. The predicted molar refractivity (Wildman–Crippen MR) is 97.2 cm³/mol. The van der Waals surface area contributed by atoms with Crippen LogP contribution in [0.2, 0.25) is 11.6 Å². The lowest BCUT2D eigenvalue weighted by Crippen LogP contribution is -2.18. The Bertz CT molecular complexity index is 553. The molecule has 2 unspecified atom stereocenters. The van der Waals surface area contributed by atoms with Crippen molar-refractivity contribution in [3.63, 3.8) is 0 Å². The van der Waals surface area contributed by atoms with Crippen molar-refractivity contribution < 1.29 is 0 Å². The molecule has 0 nitrogen and oxygen atoms in total. The molecule has 0 N–H and O–H groups in total. The molecule has 8 heteroatoms. The van der Waals surface area contributed by atoms with Gasteiger partial charge in [-0.25, -0.2) is 0 Å². The van der Waals surface area contributed by atoms with Crippen molar-refractivity contribution in [3.8, 4) is 0 Å². The Morgan fingerprint density at radius 3 is 2.10 bits per heavy atom. The lowest BCUT2D eigenvalue weighted by atomic mass is 9.53. The Labute approximate surface area is 138 Å². The molecule has 20 heavy (non-hydrogen) atoms. The standard InChI is InChI=1S/C12H6B7Br/c13-4-9(17)12(19)11(18)8(16)1-5-2-10(20)7(15)3-6(5)14/h1-4,11-12H/b8-1-,9-4-. The first-order chi connectivity index (χ1) is 9.27. The molecular weight excluding hydrogens is 300 g/mol. The van der Waals surface area contributed by atoms with Crippen LogP contribution in [-0.4, -0.2) is 54.9 Å². The van der Waals surface area contributed by atoms with Crippen LogP contribution in [-0.2, 0) is 0 Å². The van der Waals surface area contributed by atoms with Crippen LogP contribution in [0.25, 0.3) is 6.08 Å². The summed E-state index contributed by atoms with van der Waals surface area (Å²) in [4.78, 5) is 0. The van der Waals surface area contributed by atoms with E-state index in [0.717, 1.165) is 0 Å². The van der Waals surface area contributed by atoms with E-state index < -0.39 is 11.6 Å². The number of rotatable bonds is 4. The molecule has 0 aromatic heterocycles. The van der Waals surface area contributed by atoms with Crippen molar-refractivity contribution in [2.24, 2.45) is 0 Å². The molecule has 82 valence electrons. The lowest BCUT2D eigenvalue weighted by Gasteiger charge is -2.24. The van der Waals surface area contributed by atoms with E-state index in [9.17, 15) is 0 Å². The molecule has 0 heterocycles. The second-order valence-corrected chi connectivity index (χ2v) is 5.22. The summed E-state index contributed by atoms with van der Waals surface area (Å²) >= 11 is 3.32. The van der Waals surface area contributed by atoms with Crippen LogP contribution in [0.5, 0.6) is 0 Å². The molecule has 0 amide bonds. The highest BCUT2D eigenvalue weighted by atomic mass is 79.9. The van der Waals surface area contributed by atoms with Gasteiger partial charge in [0.05, 0.1) is 15.7 Å². The second-order valence-electron chi connectivity index (χ2n) is 4.37. The summed E-state index contributed by atoms with van der Waals surface area (Å²) in [5.74, 6) is -0.147. The predicted octanol–water partition coefficient (Wildman–Crippen LogP) is -0.361. The van der Waals surface area contributed by atoms with Crippen molar-refractivity contribution in [2.45, 2.75) is 11.6 Å². The largest absolute Gasteiger partial charge is 0.143 e. The van der Waals surface area contributed by atoms with E-state index in [4.69, 9.17) is 54.9 Å². The molecular formula is C12H6B7Br. The quantitative estimate of drug-likeness (QED) is 0.667. The maximum Gasteiger partial charge on any atom is 0.115 e. The van der Waals surface area contributed by atoms with Gasteiger partial charge in [-0.05, 0) is 11.6 Å². The average Bonchev–Trinajstić information content (AvgIpc) is 2.41. The van der Waals surface area contributed by atoms with Crippen LogP contribution < -0.4 is 10.9 Å². The van der Waals surface area contributed by atoms with Crippen molar-refractivity contribution >= 4 is 87.9 Å². The minimum Gasteiger partial charge on any atom is -0.143 e. The van der Waals surface area contributed by atoms with Crippen LogP contribution in [0.3, 0.4) is 0 Å². The van der Waals surface area contributed by atoms with Gasteiger partial charge in [-0.2, -0.15) is 0 Å². The molecule has 0 fully saturated rings. The Morgan fingerprint density at radius 2 is 1.55 bits per heavy atom. The highest BCUT2D eigenvalue weighted by molar-refractivity contribution is 9.10. The zero-order valence-electron chi connectivity index (χ0n) is 10.9. The maximum absolute atomic E-state index is 5.93. The zero-order valence-corrected chi connectivity index (χ0v) is 12.5. The molecule has 0 aliphatic heterocycles. The Kier molecular flexibility index (Phi) is 6.71. The van der Waals surface area contributed by atoms with Crippen LogP contribution in [0.15, 0.2) is 33.5 Å². The molecule has 0 spiro atoms. The van der Waals surface area contributed by atoms with E-state index >= 15 is 0 Å². The molecule has 0 bridgehead atoms. The topological polar surface area (TPSA) is 0 Å². The number of halogens is 1. The highest BCUT2D eigenvalue weighted by Gasteiger charge is 2.13. The van der Waals surface area contributed by atoms with E-state index in [1.807, 2.05) is 0 Å². The lowest BCUT2D eigenvalue weighted by molar-refractivity contribution is 1.01.